The summed E-state index contributed by atoms with van der Waals surface area (Å²) < 4.78 is 0. The van der Waals surface area contributed by atoms with E-state index in [4.69, 9.17) is 5.73 Å². The van der Waals surface area contributed by atoms with Crippen LogP contribution in [0, 0.1) is 6.92 Å². The Balaban J connectivity index is 2.34. The van der Waals surface area contributed by atoms with Crippen LogP contribution in [0.5, 0.6) is 0 Å². The first kappa shape index (κ1) is 16.0. The van der Waals surface area contributed by atoms with Crippen LogP contribution in [0.2, 0.25) is 0 Å². The van der Waals surface area contributed by atoms with Crippen LogP contribution in [0.4, 0.5) is 0 Å². The number of nitrogens with zero attached hydrogens (tertiary/aromatic N) is 2. The van der Waals surface area contributed by atoms with Gasteiger partial charge in [0.1, 0.15) is 0 Å². The molecule has 0 spiro atoms. The normalized spacial score (nSPS) is 22.0. The average Bonchev–Trinajstić information content (AvgIpc) is 2.89. The molecule has 2 N–H and O–H groups in total. The minimum absolute atomic E-state index is 0.0123. The molecule has 0 bridgehead atoms. The third-order valence-electron chi connectivity index (χ3n) is 4.38. The van der Waals surface area contributed by atoms with Crippen LogP contribution >= 0.6 is 0 Å². The summed E-state index contributed by atoms with van der Waals surface area (Å²) in [4.78, 5) is 16.4. The highest BCUT2D eigenvalue weighted by atomic mass is 16.2. The lowest BCUT2D eigenvalue weighted by molar-refractivity contribution is -0.134. The molecule has 1 aromatic rings. The lowest BCUT2D eigenvalue weighted by atomic mass is 9.94. The van der Waals surface area contributed by atoms with Gasteiger partial charge in [-0.2, -0.15) is 0 Å². The largest absolute Gasteiger partial charge is 0.347 e. The Labute approximate surface area is 127 Å². The van der Waals surface area contributed by atoms with Crippen molar-refractivity contribution in [3.05, 3.63) is 35.4 Å². The number of benzene rings is 1. The zero-order valence-corrected chi connectivity index (χ0v) is 13.5. The molecule has 0 aromatic heterocycles. The molecule has 0 aliphatic carbocycles. The van der Waals surface area contributed by atoms with Crippen molar-refractivity contribution in [1.82, 2.24) is 9.80 Å². The standard InChI is InChI=1S/C17H27N3O/c1-12-8-5-6-9-14(12)16(13(2)18)20-11-7-10-15(20)17(21)19(3)4/h5-6,8-9,13,15-16H,7,10-11,18H2,1-4H3. The smallest absolute Gasteiger partial charge is 0.239 e. The summed E-state index contributed by atoms with van der Waals surface area (Å²) in [5.74, 6) is 0.187. The molecule has 1 saturated heterocycles. The van der Waals surface area contributed by atoms with Gasteiger partial charge >= 0.3 is 0 Å². The molecule has 116 valence electrons. The Morgan fingerprint density at radius 1 is 1.38 bits per heavy atom. The number of likely N-dealkylation sites (N-methyl/N-ethyl adjacent to an activating group) is 1. The highest BCUT2D eigenvalue weighted by molar-refractivity contribution is 5.81. The van der Waals surface area contributed by atoms with E-state index in [9.17, 15) is 4.79 Å². The molecule has 4 nitrogen and oxygen atoms in total. The van der Waals surface area contributed by atoms with E-state index in [2.05, 4.69) is 30.0 Å². The number of hydrogen-bond donors (Lipinski definition) is 1. The molecular weight excluding hydrogens is 262 g/mol. The predicted molar refractivity (Wildman–Crippen MR) is 86.0 cm³/mol. The van der Waals surface area contributed by atoms with Crippen molar-refractivity contribution in [2.24, 2.45) is 5.73 Å². The maximum atomic E-state index is 12.4. The molecule has 1 aromatic carbocycles. The summed E-state index contributed by atoms with van der Waals surface area (Å²) in [7, 11) is 3.65. The van der Waals surface area contributed by atoms with Crippen LogP contribution < -0.4 is 5.73 Å². The van der Waals surface area contributed by atoms with Gasteiger partial charge in [0.2, 0.25) is 5.91 Å². The van der Waals surface area contributed by atoms with E-state index < -0.39 is 0 Å². The molecule has 1 amide bonds. The minimum Gasteiger partial charge on any atom is -0.347 e. The summed E-state index contributed by atoms with van der Waals surface area (Å²) in [5.41, 5.74) is 8.77. The third-order valence-corrected chi connectivity index (χ3v) is 4.38. The summed E-state index contributed by atoms with van der Waals surface area (Å²) in [6, 6.07) is 8.39. The SMILES string of the molecule is Cc1ccccc1C(C(C)N)N1CCCC1C(=O)N(C)C. The summed E-state index contributed by atoms with van der Waals surface area (Å²) in [5, 5.41) is 0. The molecule has 3 unspecified atom stereocenters. The summed E-state index contributed by atoms with van der Waals surface area (Å²) in [6.07, 6.45) is 1.98. The number of nitrogens with two attached hydrogens (primary N) is 1. The number of aryl methyl sites for hydroxylation is 1. The predicted octanol–water partition coefficient (Wildman–Crippen LogP) is 1.94. The van der Waals surface area contributed by atoms with Gasteiger partial charge in [-0.3, -0.25) is 9.69 Å². The lowest BCUT2D eigenvalue weighted by Gasteiger charge is -2.36. The molecule has 3 atom stereocenters. The molecule has 1 aliphatic heterocycles. The Kier molecular flexibility index (Phi) is 5.01. The molecule has 1 fully saturated rings. The first-order valence-corrected chi connectivity index (χ1v) is 7.71. The van der Waals surface area contributed by atoms with Crippen LogP contribution in [0.3, 0.4) is 0 Å². The van der Waals surface area contributed by atoms with Gasteiger partial charge in [0.25, 0.3) is 0 Å². The average molecular weight is 289 g/mol. The maximum absolute atomic E-state index is 12.4. The topological polar surface area (TPSA) is 49.6 Å². The monoisotopic (exact) mass is 289 g/mol. The highest BCUT2D eigenvalue weighted by Crippen LogP contribution is 2.33. The van der Waals surface area contributed by atoms with E-state index in [1.54, 1.807) is 4.90 Å². The van der Waals surface area contributed by atoms with Gasteiger partial charge in [-0.25, -0.2) is 0 Å². The maximum Gasteiger partial charge on any atom is 0.239 e. The van der Waals surface area contributed by atoms with E-state index in [0.717, 1.165) is 19.4 Å². The van der Waals surface area contributed by atoms with Crippen LogP contribution in [0.15, 0.2) is 24.3 Å². The number of amides is 1. The number of carbonyl (C=O) groups excluding carboxylic acids is 1. The van der Waals surface area contributed by atoms with Crippen molar-refractivity contribution in [3.8, 4) is 0 Å². The molecule has 4 heteroatoms. The number of rotatable bonds is 4. The Morgan fingerprint density at radius 3 is 2.62 bits per heavy atom. The number of carbonyl (C=O) groups is 1. The molecule has 0 radical (unpaired) electrons. The fourth-order valence-corrected chi connectivity index (χ4v) is 3.37. The van der Waals surface area contributed by atoms with Gasteiger partial charge in [-0.15, -0.1) is 0 Å². The van der Waals surface area contributed by atoms with Crippen molar-refractivity contribution in [2.75, 3.05) is 20.6 Å². The molecule has 1 heterocycles. The van der Waals surface area contributed by atoms with Gasteiger partial charge in [0, 0.05) is 20.1 Å². The Hall–Kier alpha value is -1.39. The number of hydrogen-bond acceptors (Lipinski definition) is 3. The minimum atomic E-state index is -0.0457. The van der Waals surface area contributed by atoms with Crippen molar-refractivity contribution >= 4 is 5.91 Å². The molecule has 0 saturated carbocycles. The molecular formula is C17H27N3O. The van der Waals surface area contributed by atoms with E-state index >= 15 is 0 Å². The Morgan fingerprint density at radius 2 is 2.05 bits per heavy atom. The van der Waals surface area contributed by atoms with Crippen molar-refractivity contribution in [1.29, 1.82) is 0 Å². The molecule has 2 rings (SSSR count). The van der Waals surface area contributed by atoms with Gasteiger partial charge in [0.15, 0.2) is 0 Å². The van der Waals surface area contributed by atoms with Crippen LogP contribution in [0.25, 0.3) is 0 Å². The van der Waals surface area contributed by atoms with Crippen LogP contribution in [-0.4, -0.2) is 48.4 Å². The first-order valence-electron chi connectivity index (χ1n) is 7.71. The number of likely N-dealkylation sites (tertiary alicyclic amines) is 1. The molecule has 21 heavy (non-hydrogen) atoms. The van der Waals surface area contributed by atoms with E-state index in [1.165, 1.54) is 11.1 Å². The van der Waals surface area contributed by atoms with Crippen molar-refractivity contribution in [3.63, 3.8) is 0 Å². The van der Waals surface area contributed by atoms with E-state index in [-0.39, 0.29) is 24.0 Å². The zero-order chi connectivity index (χ0) is 15.6. The van der Waals surface area contributed by atoms with Gasteiger partial charge in [0.05, 0.1) is 12.1 Å². The lowest BCUT2D eigenvalue weighted by Crippen LogP contribution is -2.48. The van der Waals surface area contributed by atoms with E-state index in [0.29, 0.717) is 0 Å². The highest BCUT2D eigenvalue weighted by Gasteiger charge is 2.38. The van der Waals surface area contributed by atoms with Crippen LogP contribution in [-0.2, 0) is 4.79 Å². The van der Waals surface area contributed by atoms with Gasteiger partial charge in [-0.1, -0.05) is 24.3 Å². The second-order valence-corrected chi connectivity index (χ2v) is 6.29. The fourth-order valence-electron chi connectivity index (χ4n) is 3.37. The zero-order valence-electron chi connectivity index (χ0n) is 13.5. The van der Waals surface area contributed by atoms with Crippen molar-refractivity contribution in [2.45, 2.75) is 44.8 Å². The van der Waals surface area contributed by atoms with Crippen molar-refractivity contribution < 1.29 is 4.79 Å². The Bertz CT molecular complexity index is 499. The quantitative estimate of drug-likeness (QED) is 0.921. The van der Waals surface area contributed by atoms with Crippen LogP contribution in [0.1, 0.15) is 36.9 Å². The van der Waals surface area contributed by atoms with Gasteiger partial charge in [-0.05, 0) is 44.4 Å². The summed E-state index contributed by atoms with van der Waals surface area (Å²) >= 11 is 0. The summed E-state index contributed by atoms with van der Waals surface area (Å²) in [6.45, 7) is 5.08. The second-order valence-electron chi connectivity index (χ2n) is 6.29. The van der Waals surface area contributed by atoms with Gasteiger partial charge < -0.3 is 10.6 Å². The molecule has 1 aliphatic rings. The van der Waals surface area contributed by atoms with E-state index in [1.807, 2.05) is 27.1 Å². The first-order chi connectivity index (χ1) is 9.93. The fraction of sp³-hybridized carbons (Fsp3) is 0.588. The second kappa shape index (κ2) is 6.58. The third kappa shape index (κ3) is 3.27.